The molecule has 0 radical (unpaired) electrons. The Morgan fingerprint density at radius 3 is 2.88 bits per heavy atom. The zero-order chi connectivity index (χ0) is 17.4. The zero-order valence-electron chi connectivity index (χ0n) is 13.9. The van der Waals surface area contributed by atoms with E-state index in [1.54, 1.807) is 18.2 Å². The van der Waals surface area contributed by atoms with Crippen LogP contribution in [0, 0.1) is 29.6 Å². The lowest BCUT2D eigenvalue weighted by atomic mass is 9.86. The number of ether oxygens (including phenoxy) is 1. The lowest BCUT2D eigenvalue weighted by Crippen LogP contribution is -2.41. The molecule has 1 aromatic carbocycles. The minimum absolute atomic E-state index is 0.0736. The number of terminal acetylenes is 1. The Labute approximate surface area is 143 Å². The summed E-state index contributed by atoms with van der Waals surface area (Å²) in [5.74, 6) is 3.07. The predicted octanol–water partition coefficient (Wildman–Crippen LogP) is 3.30. The number of carbonyl (C=O) groups excluding carboxylic acids is 1. The molecule has 0 bridgehead atoms. The summed E-state index contributed by atoms with van der Waals surface area (Å²) < 4.78 is 5.46. The Morgan fingerprint density at radius 1 is 1.42 bits per heavy atom. The second kappa shape index (κ2) is 8.79. The number of amides is 1. The molecule has 0 spiro atoms. The molecule has 4 heteroatoms. The van der Waals surface area contributed by atoms with Gasteiger partial charge in [-0.05, 0) is 30.9 Å². The second-order valence-electron chi connectivity index (χ2n) is 6.04. The average molecular weight is 322 g/mol. The first-order valence-electron chi connectivity index (χ1n) is 8.23. The van der Waals surface area contributed by atoms with Gasteiger partial charge in [-0.2, -0.15) is 5.26 Å². The van der Waals surface area contributed by atoms with E-state index < -0.39 is 0 Å². The standard InChI is InChI=1S/C20H22N2O2/c1-3-12-24-19-11-7-5-9-16(19)13-17(14-21)20(23)22-18-10-6-4-8-15(18)2/h1,5,7,9,11,13,15,18H,4,6,8,10,12H2,2H3,(H,22,23)/b17-13+. The van der Waals surface area contributed by atoms with E-state index in [0.717, 1.165) is 19.3 Å². The number of nitrogens with zero attached hydrogens (tertiary/aromatic N) is 1. The minimum atomic E-state index is -0.331. The molecule has 2 unspecified atom stereocenters. The third-order valence-corrected chi connectivity index (χ3v) is 4.32. The molecule has 2 rings (SSSR count). The fraction of sp³-hybridized carbons (Fsp3) is 0.400. The van der Waals surface area contributed by atoms with Crippen molar-refractivity contribution in [1.29, 1.82) is 5.26 Å². The number of carbonyl (C=O) groups is 1. The molecule has 1 saturated carbocycles. The predicted molar refractivity (Wildman–Crippen MR) is 93.9 cm³/mol. The van der Waals surface area contributed by atoms with Crippen LogP contribution >= 0.6 is 0 Å². The molecule has 124 valence electrons. The molecule has 2 atom stereocenters. The van der Waals surface area contributed by atoms with Crippen LogP contribution < -0.4 is 10.1 Å². The summed E-state index contributed by atoms with van der Waals surface area (Å²) in [7, 11) is 0. The number of hydrogen-bond acceptors (Lipinski definition) is 3. The molecular formula is C20H22N2O2. The van der Waals surface area contributed by atoms with Gasteiger partial charge in [-0.15, -0.1) is 6.42 Å². The molecule has 24 heavy (non-hydrogen) atoms. The van der Waals surface area contributed by atoms with Gasteiger partial charge in [-0.25, -0.2) is 0 Å². The van der Waals surface area contributed by atoms with E-state index in [4.69, 9.17) is 11.2 Å². The Hall–Kier alpha value is -2.72. The summed E-state index contributed by atoms with van der Waals surface area (Å²) in [5.41, 5.74) is 0.737. The van der Waals surface area contributed by atoms with Crippen molar-refractivity contribution in [3.8, 4) is 24.2 Å². The maximum atomic E-state index is 12.4. The molecule has 1 N–H and O–H groups in total. The normalized spacial score (nSPS) is 20.5. The highest BCUT2D eigenvalue weighted by Gasteiger charge is 2.24. The van der Waals surface area contributed by atoms with Crippen molar-refractivity contribution in [3.05, 3.63) is 35.4 Å². The third-order valence-electron chi connectivity index (χ3n) is 4.32. The maximum absolute atomic E-state index is 12.4. The number of rotatable bonds is 5. The quantitative estimate of drug-likeness (QED) is 0.514. The maximum Gasteiger partial charge on any atom is 0.262 e. The molecule has 0 aliphatic heterocycles. The van der Waals surface area contributed by atoms with Gasteiger partial charge >= 0.3 is 0 Å². The van der Waals surface area contributed by atoms with Gasteiger partial charge in [0.05, 0.1) is 0 Å². The van der Waals surface area contributed by atoms with Crippen LogP contribution in [0.1, 0.15) is 38.2 Å². The fourth-order valence-corrected chi connectivity index (χ4v) is 2.93. The van der Waals surface area contributed by atoms with Crippen molar-refractivity contribution < 1.29 is 9.53 Å². The SMILES string of the molecule is C#CCOc1ccccc1/C=C(\C#N)C(=O)NC1CCCCC1C. The third kappa shape index (κ3) is 4.64. The van der Waals surface area contributed by atoms with Crippen molar-refractivity contribution in [2.45, 2.75) is 38.6 Å². The molecule has 0 saturated heterocycles. The average Bonchev–Trinajstić information content (AvgIpc) is 2.60. The number of hydrogen-bond donors (Lipinski definition) is 1. The van der Waals surface area contributed by atoms with E-state index in [2.05, 4.69) is 18.2 Å². The number of nitrogens with one attached hydrogen (secondary N) is 1. The van der Waals surface area contributed by atoms with E-state index in [1.807, 2.05) is 18.2 Å². The molecule has 1 aliphatic rings. The first-order valence-corrected chi connectivity index (χ1v) is 8.23. The highest BCUT2D eigenvalue weighted by atomic mass is 16.5. The molecule has 1 aliphatic carbocycles. The van der Waals surface area contributed by atoms with E-state index in [1.165, 1.54) is 6.42 Å². The van der Waals surface area contributed by atoms with Gasteiger partial charge in [0.15, 0.2) is 0 Å². The van der Waals surface area contributed by atoms with E-state index in [-0.39, 0.29) is 24.1 Å². The van der Waals surface area contributed by atoms with Gasteiger partial charge in [0.1, 0.15) is 24.0 Å². The van der Waals surface area contributed by atoms with Crippen LogP contribution in [0.3, 0.4) is 0 Å². The largest absolute Gasteiger partial charge is 0.480 e. The molecule has 0 aromatic heterocycles. The van der Waals surface area contributed by atoms with Gasteiger partial charge in [-0.3, -0.25) is 4.79 Å². The molecule has 0 heterocycles. The molecule has 1 amide bonds. The Bertz CT molecular complexity index is 694. The number of para-hydroxylation sites is 1. The van der Waals surface area contributed by atoms with Crippen molar-refractivity contribution in [2.75, 3.05) is 6.61 Å². The van der Waals surface area contributed by atoms with E-state index >= 15 is 0 Å². The summed E-state index contributed by atoms with van der Waals surface area (Å²) in [4.78, 5) is 12.4. The minimum Gasteiger partial charge on any atom is -0.480 e. The first-order chi connectivity index (χ1) is 11.7. The highest BCUT2D eigenvalue weighted by Crippen LogP contribution is 2.25. The summed E-state index contributed by atoms with van der Waals surface area (Å²) in [6, 6.07) is 9.32. The Morgan fingerprint density at radius 2 is 2.17 bits per heavy atom. The van der Waals surface area contributed by atoms with Crippen LogP contribution in [-0.4, -0.2) is 18.6 Å². The van der Waals surface area contributed by atoms with E-state index in [0.29, 0.717) is 17.2 Å². The van der Waals surface area contributed by atoms with Crippen LogP contribution in [0.2, 0.25) is 0 Å². The van der Waals surface area contributed by atoms with Crippen LogP contribution in [0.5, 0.6) is 5.75 Å². The van der Waals surface area contributed by atoms with Gasteiger partial charge in [0.2, 0.25) is 0 Å². The number of nitriles is 1. The molecule has 1 fully saturated rings. The van der Waals surface area contributed by atoms with Gasteiger partial charge in [-0.1, -0.05) is 43.9 Å². The Balaban J connectivity index is 2.15. The molecule has 4 nitrogen and oxygen atoms in total. The number of benzene rings is 1. The van der Waals surface area contributed by atoms with Gasteiger partial charge < -0.3 is 10.1 Å². The summed E-state index contributed by atoms with van der Waals surface area (Å²) in [6.07, 6.45) is 11.2. The van der Waals surface area contributed by atoms with Crippen molar-refractivity contribution in [3.63, 3.8) is 0 Å². The smallest absolute Gasteiger partial charge is 0.262 e. The second-order valence-corrected chi connectivity index (χ2v) is 6.04. The molecule has 1 aromatic rings. The van der Waals surface area contributed by atoms with Gasteiger partial charge in [0.25, 0.3) is 5.91 Å². The lowest BCUT2D eigenvalue weighted by molar-refractivity contribution is -0.118. The topological polar surface area (TPSA) is 62.1 Å². The van der Waals surface area contributed by atoms with Crippen molar-refractivity contribution in [2.24, 2.45) is 5.92 Å². The fourth-order valence-electron chi connectivity index (χ4n) is 2.93. The van der Waals surface area contributed by atoms with Crippen LogP contribution in [0.25, 0.3) is 6.08 Å². The van der Waals surface area contributed by atoms with Gasteiger partial charge in [0, 0.05) is 11.6 Å². The summed E-state index contributed by atoms with van der Waals surface area (Å²) in [5, 5.41) is 12.4. The van der Waals surface area contributed by atoms with Crippen molar-refractivity contribution in [1.82, 2.24) is 5.32 Å². The highest BCUT2D eigenvalue weighted by molar-refractivity contribution is 6.02. The van der Waals surface area contributed by atoms with Crippen LogP contribution in [0.15, 0.2) is 29.8 Å². The zero-order valence-corrected chi connectivity index (χ0v) is 13.9. The summed E-state index contributed by atoms with van der Waals surface area (Å²) >= 11 is 0. The Kier molecular flexibility index (Phi) is 6.46. The monoisotopic (exact) mass is 322 g/mol. The summed E-state index contributed by atoms with van der Waals surface area (Å²) in [6.45, 7) is 2.28. The van der Waals surface area contributed by atoms with E-state index in [9.17, 15) is 10.1 Å². The van der Waals surface area contributed by atoms with Crippen LogP contribution in [0.4, 0.5) is 0 Å². The molecular weight excluding hydrogens is 300 g/mol. The lowest BCUT2D eigenvalue weighted by Gasteiger charge is -2.29. The van der Waals surface area contributed by atoms with Crippen molar-refractivity contribution >= 4 is 12.0 Å². The first kappa shape index (κ1) is 17.6. The van der Waals surface area contributed by atoms with Crippen LogP contribution in [-0.2, 0) is 4.79 Å².